The Hall–Kier alpha value is -1.79. The smallest absolute Gasteiger partial charge is 0.309 e. The third-order valence-electron chi connectivity index (χ3n) is 3.61. The molecule has 102 valence electrons. The van der Waals surface area contributed by atoms with E-state index in [1.807, 2.05) is 6.07 Å². The summed E-state index contributed by atoms with van der Waals surface area (Å²) in [4.78, 5) is 11.1. The van der Waals surface area contributed by atoms with Crippen LogP contribution in [-0.4, -0.2) is 36.2 Å². The number of carbonyl (C=O) groups is 1. The zero-order valence-corrected chi connectivity index (χ0v) is 10.1. The first-order chi connectivity index (χ1) is 9.20. The Morgan fingerprint density at radius 3 is 2.84 bits per heavy atom. The molecule has 1 fully saturated rings. The van der Waals surface area contributed by atoms with Gasteiger partial charge in [0.25, 0.3) is 0 Å². The van der Waals surface area contributed by atoms with E-state index in [2.05, 4.69) is 0 Å². The van der Waals surface area contributed by atoms with Crippen LogP contribution >= 0.6 is 0 Å². The predicted octanol–water partition coefficient (Wildman–Crippen LogP) is 0.796. The second-order valence-electron chi connectivity index (χ2n) is 4.66. The summed E-state index contributed by atoms with van der Waals surface area (Å²) < 4.78 is 16.0. The molecular formula is C13H14O6. The van der Waals surface area contributed by atoms with E-state index >= 15 is 0 Å². The SMILES string of the molecule is O=C(O)[C@H]1CO[C@@H](c2ccc3c(c2)OCO3)[C@H]1CO. The third-order valence-corrected chi connectivity index (χ3v) is 3.61. The van der Waals surface area contributed by atoms with E-state index < -0.39 is 23.9 Å². The minimum Gasteiger partial charge on any atom is -0.481 e. The molecule has 3 rings (SSSR count). The molecule has 6 nitrogen and oxygen atoms in total. The van der Waals surface area contributed by atoms with Crippen molar-refractivity contribution in [1.82, 2.24) is 0 Å². The average molecular weight is 266 g/mol. The molecule has 3 atom stereocenters. The number of aliphatic carboxylic acids is 1. The van der Waals surface area contributed by atoms with Crippen molar-refractivity contribution in [2.45, 2.75) is 6.10 Å². The number of carboxylic acid groups (broad SMARTS) is 1. The zero-order chi connectivity index (χ0) is 13.4. The van der Waals surface area contributed by atoms with Crippen LogP contribution < -0.4 is 9.47 Å². The fraction of sp³-hybridized carbons (Fsp3) is 0.462. The fourth-order valence-corrected chi connectivity index (χ4v) is 2.58. The number of rotatable bonds is 3. The molecule has 19 heavy (non-hydrogen) atoms. The standard InChI is InChI=1S/C13H14O6/c14-4-8-9(13(15)16)5-17-12(8)7-1-2-10-11(3-7)19-6-18-10/h1-3,8-9,12,14H,4-6H2,(H,15,16)/t8-,9-,12-/m0/s1. The molecule has 1 saturated heterocycles. The van der Waals surface area contributed by atoms with Crippen molar-refractivity contribution in [3.05, 3.63) is 23.8 Å². The second kappa shape index (κ2) is 4.71. The summed E-state index contributed by atoms with van der Waals surface area (Å²) in [6, 6.07) is 5.36. The highest BCUT2D eigenvalue weighted by molar-refractivity contribution is 5.71. The Morgan fingerprint density at radius 2 is 2.11 bits per heavy atom. The second-order valence-corrected chi connectivity index (χ2v) is 4.66. The number of ether oxygens (including phenoxy) is 3. The van der Waals surface area contributed by atoms with Gasteiger partial charge in [-0.2, -0.15) is 0 Å². The predicted molar refractivity (Wildman–Crippen MR) is 63.0 cm³/mol. The van der Waals surface area contributed by atoms with Crippen LogP contribution in [0.25, 0.3) is 0 Å². The molecule has 0 unspecified atom stereocenters. The average Bonchev–Trinajstić information content (AvgIpc) is 3.03. The molecule has 2 aliphatic rings. The van der Waals surface area contributed by atoms with Gasteiger partial charge in [0.15, 0.2) is 11.5 Å². The van der Waals surface area contributed by atoms with Crippen LogP contribution in [-0.2, 0) is 9.53 Å². The normalized spacial score (nSPS) is 28.6. The number of benzene rings is 1. The highest BCUT2D eigenvalue weighted by Gasteiger charge is 2.42. The van der Waals surface area contributed by atoms with Gasteiger partial charge in [0.05, 0.1) is 18.6 Å². The highest BCUT2D eigenvalue weighted by atomic mass is 16.7. The van der Waals surface area contributed by atoms with Gasteiger partial charge in [0.1, 0.15) is 0 Å². The van der Waals surface area contributed by atoms with Crippen LogP contribution in [0.2, 0.25) is 0 Å². The first-order valence-electron chi connectivity index (χ1n) is 6.05. The van der Waals surface area contributed by atoms with Gasteiger partial charge in [-0.25, -0.2) is 0 Å². The summed E-state index contributed by atoms with van der Waals surface area (Å²) in [6.07, 6.45) is -0.430. The van der Waals surface area contributed by atoms with Crippen molar-refractivity contribution in [2.75, 3.05) is 20.0 Å². The van der Waals surface area contributed by atoms with Crippen molar-refractivity contribution in [3.63, 3.8) is 0 Å². The molecule has 2 aliphatic heterocycles. The molecule has 2 heterocycles. The van der Waals surface area contributed by atoms with E-state index in [9.17, 15) is 9.90 Å². The Kier molecular flexibility index (Phi) is 3.04. The maximum atomic E-state index is 11.1. The van der Waals surface area contributed by atoms with Crippen LogP contribution in [0.4, 0.5) is 0 Å². The van der Waals surface area contributed by atoms with Crippen LogP contribution in [0.3, 0.4) is 0 Å². The Labute approximate surface area is 109 Å². The minimum absolute atomic E-state index is 0.111. The molecular weight excluding hydrogens is 252 g/mol. The summed E-state index contributed by atoms with van der Waals surface area (Å²) in [6.45, 7) is 0.0707. The first kappa shape index (κ1) is 12.3. The maximum Gasteiger partial charge on any atom is 0.309 e. The fourth-order valence-electron chi connectivity index (χ4n) is 2.58. The highest BCUT2D eigenvalue weighted by Crippen LogP contribution is 2.42. The first-order valence-corrected chi connectivity index (χ1v) is 6.05. The van der Waals surface area contributed by atoms with Crippen LogP contribution in [0.5, 0.6) is 11.5 Å². The lowest BCUT2D eigenvalue weighted by Gasteiger charge is -2.19. The van der Waals surface area contributed by atoms with Crippen LogP contribution in [0.1, 0.15) is 11.7 Å². The maximum absolute atomic E-state index is 11.1. The van der Waals surface area contributed by atoms with E-state index in [0.717, 1.165) is 5.56 Å². The van der Waals surface area contributed by atoms with E-state index in [0.29, 0.717) is 11.5 Å². The summed E-state index contributed by atoms with van der Waals surface area (Å²) in [5.74, 6) is -0.783. The number of aliphatic hydroxyl groups excluding tert-OH is 1. The van der Waals surface area contributed by atoms with Gasteiger partial charge >= 0.3 is 5.97 Å². The molecule has 0 spiro atoms. The molecule has 1 aromatic rings. The molecule has 0 amide bonds. The molecule has 0 aliphatic carbocycles. The minimum atomic E-state index is -0.942. The molecule has 0 saturated carbocycles. The van der Waals surface area contributed by atoms with Gasteiger partial charge in [-0.05, 0) is 17.7 Å². The lowest BCUT2D eigenvalue weighted by atomic mass is 9.88. The third kappa shape index (κ3) is 2.02. The topological polar surface area (TPSA) is 85.2 Å². The molecule has 6 heteroatoms. The summed E-state index contributed by atoms with van der Waals surface area (Å²) in [5, 5.41) is 18.5. The van der Waals surface area contributed by atoms with Gasteiger partial charge < -0.3 is 24.4 Å². The summed E-state index contributed by atoms with van der Waals surface area (Å²) in [7, 11) is 0. The molecule has 0 radical (unpaired) electrons. The van der Waals surface area contributed by atoms with E-state index in [1.54, 1.807) is 12.1 Å². The van der Waals surface area contributed by atoms with Gasteiger partial charge in [-0.15, -0.1) is 0 Å². The molecule has 0 aromatic heterocycles. The van der Waals surface area contributed by atoms with Crippen molar-refractivity contribution < 1.29 is 29.2 Å². The molecule has 1 aromatic carbocycles. The van der Waals surface area contributed by atoms with E-state index in [-0.39, 0.29) is 20.0 Å². The van der Waals surface area contributed by atoms with Gasteiger partial charge in [-0.1, -0.05) is 6.07 Å². The van der Waals surface area contributed by atoms with Crippen molar-refractivity contribution in [2.24, 2.45) is 11.8 Å². The largest absolute Gasteiger partial charge is 0.481 e. The van der Waals surface area contributed by atoms with Gasteiger partial charge in [0, 0.05) is 12.5 Å². The molecule has 0 bridgehead atoms. The lowest BCUT2D eigenvalue weighted by molar-refractivity contribution is -0.143. The quantitative estimate of drug-likeness (QED) is 0.841. The number of hydrogen-bond acceptors (Lipinski definition) is 5. The van der Waals surface area contributed by atoms with Crippen LogP contribution in [0.15, 0.2) is 18.2 Å². The number of hydrogen-bond donors (Lipinski definition) is 2. The number of carboxylic acids is 1. The van der Waals surface area contributed by atoms with Crippen LogP contribution in [0, 0.1) is 11.8 Å². The van der Waals surface area contributed by atoms with E-state index in [1.165, 1.54) is 0 Å². The summed E-state index contributed by atoms with van der Waals surface area (Å²) in [5.41, 5.74) is 0.798. The number of fused-ring (bicyclic) bond motifs is 1. The lowest BCUT2D eigenvalue weighted by Crippen LogP contribution is -2.25. The Morgan fingerprint density at radius 1 is 1.32 bits per heavy atom. The monoisotopic (exact) mass is 266 g/mol. The molecule has 2 N–H and O–H groups in total. The van der Waals surface area contributed by atoms with Crippen molar-refractivity contribution in [1.29, 1.82) is 0 Å². The zero-order valence-electron chi connectivity index (χ0n) is 10.1. The van der Waals surface area contributed by atoms with Gasteiger partial charge in [-0.3, -0.25) is 4.79 Å². The Balaban J connectivity index is 1.87. The van der Waals surface area contributed by atoms with Gasteiger partial charge in [0.2, 0.25) is 6.79 Å². The Bertz CT molecular complexity index is 500. The summed E-state index contributed by atoms with van der Waals surface area (Å²) >= 11 is 0. The van der Waals surface area contributed by atoms with E-state index in [4.69, 9.17) is 19.3 Å². The van der Waals surface area contributed by atoms with Crippen molar-refractivity contribution in [3.8, 4) is 11.5 Å². The van der Waals surface area contributed by atoms with Crippen molar-refractivity contribution >= 4 is 5.97 Å². The number of aliphatic hydroxyl groups is 1.